The third kappa shape index (κ3) is 2.58. The van der Waals surface area contributed by atoms with Gasteiger partial charge in [0, 0.05) is 20.2 Å². The Kier molecular flexibility index (Phi) is 3.75. The first-order valence-corrected chi connectivity index (χ1v) is 9.07. The van der Waals surface area contributed by atoms with Crippen LogP contribution in [-0.2, 0) is 10.0 Å². The lowest BCUT2D eigenvalue weighted by Gasteiger charge is -2.08. The van der Waals surface area contributed by atoms with Gasteiger partial charge in [-0.25, -0.2) is 12.4 Å². The van der Waals surface area contributed by atoms with Crippen LogP contribution in [-0.4, -0.2) is 12.4 Å². The molecule has 3 nitrogen and oxygen atoms in total. The monoisotopic (exact) mass is 431 g/mol. The van der Waals surface area contributed by atoms with Crippen LogP contribution in [0.1, 0.15) is 5.56 Å². The van der Waals surface area contributed by atoms with E-state index in [4.69, 9.17) is 11.6 Å². The molecule has 0 saturated carbocycles. The molecule has 21 heavy (non-hydrogen) atoms. The quantitative estimate of drug-likeness (QED) is 0.563. The molecule has 0 amide bonds. The van der Waals surface area contributed by atoms with Crippen molar-refractivity contribution < 1.29 is 8.42 Å². The number of hydrogen-bond acceptors (Lipinski definition) is 2. The number of rotatable bonds is 2. The highest BCUT2D eigenvalue weighted by atomic mass is 127. The summed E-state index contributed by atoms with van der Waals surface area (Å²) < 4.78 is 27.8. The molecule has 1 aromatic heterocycles. The van der Waals surface area contributed by atoms with Crippen LogP contribution < -0.4 is 0 Å². The van der Waals surface area contributed by atoms with Gasteiger partial charge in [-0.15, -0.1) is 0 Å². The minimum Gasteiger partial charge on any atom is -0.240 e. The van der Waals surface area contributed by atoms with Crippen molar-refractivity contribution in [3.8, 4) is 0 Å². The molecule has 0 aliphatic heterocycles. The minimum absolute atomic E-state index is 0.265. The maximum absolute atomic E-state index is 12.8. The molecule has 0 aliphatic carbocycles. The third-order valence-corrected chi connectivity index (χ3v) is 6.05. The normalized spacial score (nSPS) is 12.0. The summed E-state index contributed by atoms with van der Waals surface area (Å²) in [6.07, 6.45) is 1.62. The highest BCUT2D eigenvalue weighted by Crippen LogP contribution is 2.29. The Morgan fingerprint density at radius 3 is 2.43 bits per heavy atom. The molecule has 0 N–H and O–H groups in total. The van der Waals surface area contributed by atoms with Gasteiger partial charge in [0.2, 0.25) is 0 Å². The summed E-state index contributed by atoms with van der Waals surface area (Å²) >= 11 is 8.13. The fraction of sp³-hybridized carbons (Fsp3) is 0.0667. The fourth-order valence-electron chi connectivity index (χ4n) is 2.15. The number of benzene rings is 2. The van der Waals surface area contributed by atoms with Gasteiger partial charge in [0.1, 0.15) is 0 Å². The van der Waals surface area contributed by atoms with Crippen LogP contribution >= 0.6 is 34.2 Å². The van der Waals surface area contributed by atoms with Crippen LogP contribution in [0.25, 0.3) is 10.9 Å². The first kappa shape index (κ1) is 14.9. The maximum atomic E-state index is 12.8. The van der Waals surface area contributed by atoms with Gasteiger partial charge in [0.25, 0.3) is 10.0 Å². The lowest BCUT2D eigenvalue weighted by molar-refractivity contribution is 0.589. The summed E-state index contributed by atoms with van der Waals surface area (Å²) in [5.74, 6) is 0. The van der Waals surface area contributed by atoms with E-state index in [0.717, 1.165) is 14.5 Å². The second-order valence-electron chi connectivity index (χ2n) is 4.75. The highest BCUT2D eigenvalue weighted by molar-refractivity contribution is 14.1. The Balaban J connectivity index is 2.28. The number of aryl methyl sites for hydroxylation is 1. The van der Waals surface area contributed by atoms with E-state index in [1.807, 2.05) is 13.0 Å². The first-order chi connectivity index (χ1) is 9.89. The van der Waals surface area contributed by atoms with Gasteiger partial charge in [-0.05, 0) is 53.8 Å². The number of aromatic nitrogens is 1. The number of halogens is 2. The van der Waals surface area contributed by atoms with E-state index in [1.165, 1.54) is 3.97 Å². The zero-order valence-electron chi connectivity index (χ0n) is 11.0. The predicted molar refractivity (Wildman–Crippen MR) is 93.4 cm³/mol. The van der Waals surface area contributed by atoms with E-state index in [2.05, 4.69) is 22.6 Å². The molecule has 0 unspecified atom stereocenters. The fourth-order valence-corrected chi connectivity index (χ4v) is 4.61. The van der Waals surface area contributed by atoms with E-state index in [1.54, 1.807) is 42.6 Å². The van der Waals surface area contributed by atoms with Crippen LogP contribution in [0.15, 0.2) is 53.6 Å². The molecule has 3 aromatic rings. The number of nitrogens with zero attached hydrogens (tertiary/aromatic N) is 1. The molecule has 0 aliphatic rings. The summed E-state index contributed by atoms with van der Waals surface area (Å²) in [5.41, 5.74) is 1.61. The van der Waals surface area contributed by atoms with Gasteiger partial charge < -0.3 is 0 Å². The maximum Gasteiger partial charge on any atom is 0.268 e. The van der Waals surface area contributed by atoms with Crippen molar-refractivity contribution in [2.24, 2.45) is 0 Å². The number of fused-ring (bicyclic) bond motifs is 1. The molecule has 0 bridgehead atoms. The molecular weight excluding hydrogens is 421 g/mol. The summed E-state index contributed by atoms with van der Waals surface area (Å²) in [5, 5.41) is 1.38. The van der Waals surface area contributed by atoms with Crippen molar-refractivity contribution in [3.63, 3.8) is 0 Å². The Morgan fingerprint density at radius 1 is 1.10 bits per heavy atom. The Labute approximate surface area is 141 Å². The van der Waals surface area contributed by atoms with Crippen molar-refractivity contribution in [1.29, 1.82) is 0 Å². The van der Waals surface area contributed by atoms with Gasteiger partial charge >= 0.3 is 0 Å². The lowest BCUT2D eigenvalue weighted by atomic mass is 10.2. The molecule has 108 valence electrons. The van der Waals surface area contributed by atoms with Crippen molar-refractivity contribution in [3.05, 3.63) is 62.8 Å². The standard InChI is InChI=1S/C15H11ClINO2S/c1-10-2-5-12(6-3-10)21(19,20)18-9-14(17)13-7-4-11(16)8-15(13)18/h2-9H,1H3. The van der Waals surface area contributed by atoms with E-state index in [9.17, 15) is 8.42 Å². The number of hydrogen-bond donors (Lipinski definition) is 0. The molecule has 0 atom stereocenters. The topological polar surface area (TPSA) is 39.1 Å². The SMILES string of the molecule is Cc1ccc(S(=O)(=O)n2cc(I)c3ccc(Cl)cc32)cc1. The largest absolute Gasteiger partial charge is 0.268 e. The van der Waals surface area contributed by atoms with E-state index >= 15 is 0 Å². The summed E-state index contributed by atoms with van der Waals surface area (Å²) in [7, 11) is -3.63. The van der Waals surface area contributed by atoms with Gasteiger partial charge in [0.05, 0.1) is 10.4 Å². The lowest BCUT2D eigenvalue weighted by Crippen LogP contribution is -2.11. The molecule has 0 spiro atoms. The summed E-state index contributed by atoms with van der Waals surface area (Å²) in [4.78, 5) is 0.265. The van der Waals surface area contributed by atoms with Crippen molar-refractivity contribution >= 4 is 55.1 Å². The van der Waals surface area contributed by atoms with Crippen molar-refractivity contribution in [1.82, 2.24) is 3.97 Å². The summed E-state index contributed by atoms with van der Waals surface area (Å²) in [6, 6.07) is 12.1. The first-order valence-electron chi connectivity index (χ1n) is 6.18. The Bertz CT molecular complexity index is 930. The zero-order chi connectivity index (χ0) is 15.2. The van der Waals surface area contributed by atoms with Gasteiger partial charge in [-0.2, -0.15) is 0 Å². The second kappa shape index (κ2) is 5.30. The minimum atomic E-state index is -3.63. The van der Waals surface area contributed by atoms with Crippen LogP contribution in [0.5, 0.6) is 0 Å². The molecule has 1 heterocycles. The van der Waals surface area contributed by atoms with Gasteiger partial charge in [-0.1, -0.05) is 35.4 Å². The van der Waals surface area contributed by atoms with Crippen LogP contribution in [0.2, 0.25) is 5.02 Å². The van der Waals surface area contributed by atoms with Gasteiger partial charge in [0.15, 0.2) is 0 Å². The van der Waals surface area contributed by atoms with Gasteiger partial charge in [-0.3, -0.25) is 0 Å². The Morgan fingerprint density at radius 2 is 1.76 bits per heavy atom. The van der Waals surface area contributed by atoms with Crippen LogP contribution in [0.4, 0.5) is 0 Å². The van der Waals surface area contributed by atoms with E-state index < -0.39 is 10.0 Å². The highest BCUT2D eigenvalue weighted by Gasteiger charge is 2.20. The second-order valence-corrected chi connectivity index (χ2v) is 8.17. The van der Waals surface area contributed by atoms with E-state index in [-0.39, 0.29) is 4.90 Å². The molecular formula is C15H11ClINO2S. The molecule has 2 aromatic carbocycles. The molecule has 6 heteroatoms. The van der Waals surface area contributed by atoms with Crippen LogP contribution in [0, 0.1) is 10.5 Å². The average Bonchev–Trinajstić information content (AvgIpc) is 2.76. The molecule has 0 radical (unpaired) electrons. The van der Waals surface area contributed by atoms with Crippen molar-refractivity contribution in [2.45, 2.75) is 11.8 Å². The Hall–Kier alpha value is -1.05. The zero-order valence-corrected chi connectivity index (χ0v) is 14.8. The van der Waals surface area contributed by atoms with Crippen LogP contribution in [0.3, 0.4) is 0 Å². The van der Waals surface area contributed by atoms with E-state index in [0.29, 0.717) is 10.5 Å². The predicted octanol–water partition coefficient (Wildman–Crippen LogP) is 4.44. The third-order valence-electron chi connectivity index (χ3n) is 3.26. The molecule has 0 saturated heterocycles. The average molecular weight is 432 g/mol. The smallest absolute Gasteiger partial charge is 0.240 e. The molecule has 3 rings (SSSR count). The summed E-state index contributed by atoms with van der Waals surface area (Å²) in [6.45, 7) is 1.92. The van der Waals surface area contributed by atoms with Crippen molar-refractivity contribution in [2.75, 3.05) is 0 Å². The molecule has 0 fully saturated rings.